The van der Waals surface area contributed by atoms with E-state index >= 15 is 0 Å². The highest BCUT2D eigenvalue weighted by Gasteiger charge is 2.14. The topological polar surface area (TPSA) is 47.6 Å². The molecule has 0 unspecified atom stereocenters. The zero-order chi connectivity index (χ0) is 16.2. The maximum Gasteiger partial charge on any atom is 0.224 e. The zero-order valence-corrected chi connectivity index (χ0v) is 13.7. The molecule has 5 heteroatoms. The number of nitrogens with one attached hydrogen (secondary N) is 1. The van der Waals surface area contributed by atoms with Crippen molar-refractivity contribution >= 4 is 17.5 Å². The van der Waals surface area contributed by atoms with Crippen LogP contribution in [-0.4, -0.2) is 19.1 Å². The van der Waals surface area contributed by atoms with Crippen LogP contribution in [0.2, 0.25) is 5.02 Å². The van der Waals surface area contributed by atoms with E-state index in [9.17, 15) is 4.79 Å². The number of fused-ring (bicyclic) bond motifs is 1. The third-order valence-electron chi connectivity index (χ3n) is 3.75. The molecule has 0 atom stereocenters. The summed E-state index contributed by atoms with van der Waals surface area (Å²) in [6.45, 7) is 3.59. The first-order valence-electron chi connectivity index (χ1n) is 7.52. The molecule has 0 saturated carbocycles. The van der Waals surface area contributed by atoms with Gasteiger partial charge in [0.15, 0.2) is 11.5 Å². The lowest BCUT2D eigenvalue weighted by Gasteiger charge is -2.20. The van der Waals surface area contributed by atoms with Crippen molar-refractivity contribution < 1.29 is 14.3 Å². The number of hydrogen-bond donors (Lipinski definition) is 1. The molecule has 2 aromatic rings. The van der Waals surface area contributed by atoms with Crippen LogP contribution in [-0.2, 0) is 17.8 Å². The minimum atomic E-state index is -0.0263. The van der Waals surface area contributed by atoms with E-state index in [1.165, 1.54) is 0 Å². The molecule has 3 rings (SSSR count). The van der Waals surface area contributed by atoms with E-state index in [2.05, 4.69) is 5.32 Å². The average molecular weight is 332 g/mol. The molecule has 1 aliphatic rings. The quantitative estimate of drug-likeness (QED) is 0.935. The fourth-order valence-corrected chi connectivity index (χ4v) is 2.59. The summed E-state index contributed by atoms with van der Waals surface area (Å²) in [4.78, 5) is 12.1. The number of carbonyl (C=O) groups is 1. The number of hydrogen-bond acceptors (Lipinski definition) is 3. The minimum Gasteiger partial charge on any atom is -0.486 e. The van der Waals surface area contributed by atoms with Crippen molar-refractivity contribution in [1.82, 2.24) is 5.32 Å². The van der Waals surface area contributed by atoms with Gasteiger partial charge in [0.2, 0.25) is 5.91 Å². The largest absolute Gasteiger partial charge is 0.486 e. The highest BCUT2D eigenvalue weighted by Crippen LogP contribution is 2.32. The zero-order valence-electron chi connectivity index (χ0n) is 12.9. The maximum absolute atomic E-state index is 12.1. The van der Waals surface area contributed by atoms with Crippen LogP contribution >= 0.6 is 11.6 Å². The Hall–Kier alpha value is -2.20. The lowest BCUT2D eigenvalue weighted by molar-refractivity contribution is -0.120. The molecule has 0 aliphatic carbocycles. The molecule has 0 fully saturated rings. The fraction of sp³-hybridized carbons (Fsp3) is 0.278. The van der Waals surface area contributed by atoms with E-state index in [1.54, 1.807) is 12.1 Å². The number of carbonyl (C=O) groups excluding carboxylic acids is 1. The Morgan fingerprint density at radius 1 is 1.13 bits per heavy atom. The number of amides is 1. The second-order valence-electron chi connectivity index (χ2n) is 5.50. The van der Waals surface area contributed by atoms with Gasteiger partial charge in [0.25, 0.3) is 0 Å². The van der Waals surface area contributed by atoms with Crippen LogP contribution in [0.3, 0.4) is 0 Å². The lowest BCUT2D eigenvalue weighted by Crippen LogP contribution is -2.25. The van der Waals surface area contributed by atoms with Crippen molar-refractivity contribution in [3.05, 3.63) is 58.1 Å². The van der Waals surface area contributed by atoms with E-state index in [4.69, 9.17) is 21.1 Å². The van der Waals surface area contributed by atoms with Gasteiger partial charge in [-0.05, 0) is 47.9 Å². The molecule has 0 bridgehead atoms. The summed E-state index contributed by atoms with van der Waals surface area (Å²) in [7, 11) is 0. The summed E-state index contributed by atoms with van der Waals surface area (Å²) >= 11 is 5.84. The summed E-state index contributed by atoms with van der Waals surface area (Å²) < 4.78 is 11.1. The van der Waals surface area contributed by atoms with Crippen molar-refractivity contribution in [3.8, 4) is 11.5 Å². The van der Waals surface area contributed by atoms with Gasteiger partial charge in [-0.25, -0.2) is 0 Å². The van der Waals surface area contributed by atoms with Gasteiger partial charge < -0.3 is 14.8 Å². The first-order chi connectivity index (χ1) is 11.1. The van der Waals surface area contributed by atoms with E-state index in [0.717, 1.165) is 28.2 Å². The molecule has 0 saturated heterocycles. The van der Waals surface area contributed by atoms with Crippen LogP contribution in [0.15, 0.2) is 36.4 Å². The van der Waals surface area contributed by atoms with Crippen molar-refractivity contribution in [1.29, 1.82) is 0 Å². The SMILES string of the molecule is Cc1cc2c(cc1CNC(=O)Cc1ccc(Cl)cc1)OCCO2. The van der Waals surface area contributed by atoms with Crippen LogP contribution in [0.1, 0.15) is 16.7 Å². The van der Waals surface area contributed by atoms with Crippen molar-refractivity contribution in [3.63, 3.8) is 0 Å². The monoisotopic (exact) mass is 331 g/mol. The molecule has 1 aliphatic heterocycles. The van der Waals surface area contributed by atoms with Crippen LogP contribution in [0.5, 0.6) is 11.5 Å². The van der Waals surface area contributed by atoms with E-state index in [1.807, 2.05) is 31.2 Å². The smallest absolute Gasteiger partial charge is 0.224 e. The first kappa shape index (κ1) is 15.7. The predicted molar refractivity (Wildman–Crippen MR) is 89.2 cm³/mol. The molecule has 23 heavy (non-hydrogen) atoms. The Kier molecular flexibility index (Phi) is 4.72. The third kappa shape index (κ3) is 3.96. The molecule has 1 N–H and O–H groups in total. The standard InChI is InChI=1S/C18H18ClNO3/c1-12-8-16-17(23-7-6-22-16)10-14(12)11-20-18(21)9-13-2-4-15(19)5-3-13/h2-5,8,10H,6-7,9,11H2,1H3,(H,20,21). The van der Waals surface area contributed by atoms with Gasteiger partial charge in [0.1, 0.15) is 13.2 Å². The number of benzene rings is 2. The van der Waals surface area contributed by atoms with E-state index < -0.39 is 0 Å². The van der Waals surface area contributed by atoms with Gasteiger partial charge in [-0.1, -0.05) is 23.7 Å². The molecule has 120 valence electrons. The number of rotatable bonds is 4. The second-order valence-corrected chi connectivity index (χ2v) is 5.94. The predicted octanol–water partition coefficient (Wildman–Crippen LogP) is 3.28. The van der Waals surface area contributed by atoms with Crippen LogP contribution in [0, 0.1) is 6.92 Å². The first-order valence-corrected chi connectivity index (χ1v) is 7.90. The minimum absolute atomic E-state index is 0.0263. The Morgan fingerprint density at radius 3 is 2.48 bits per heavy atom. The molecule has 2 aromatic carbocycles. The highest BCUT2D eigenvalue weighted by molar-refractivity contribution is 6.30. The number of ether oxygens (including phenoxy) is 2. The van der Waals surface area contributed by atoms with Gasteiger partial charge >= 0.3 is 0 Å². The summed E-state index contributed by atoms with van der Waals surface area (Å²) in [6, 6.07) is 11.2. The van der Waals surface area contributed by atoms with Gasteiger partial charge in [-0.3, -0.25) is 4.79 Å². The van der Waals surface area contributed by atoms with Gasteiger partial charge in [-0.15, -0.1) is 0 Å². The van der Waals surface area contributed by atoms with Gasteiger partial charge in [0.05, 0.1) is 6.42 Å². The molecular weight excluding hydrogens is 314 g/mol. The molecule has 0 radical (unpaired) electrons. The van der Waals surface area contributed by atoms with Crippen LogP contribution < -0.4 is 14.8 Å². The summed E-state index contributed by atoms with van der Waals surface area (Å²) in [5.41, 5.74) is 3.03. The average Bonchev–Trinajstić information content (AvgIpc) is 2.55. The molecular formula is C18H18ClNO3. The Morgan fingerprint density at radius 2 is 1.78 bits per heavy atom. The number of aryl methyl sites for hydroxylation is 1. The fourth-order valence-electron chi connectivity index (χ4n) is 2.47. The van der Waals surface area contributed by atoms with Crippen molar-refractivity contribution in [2.75, 3.05) is 13.2 Å². The Balaban J connectivity index is 1.61. The van der Waals surface area contributed by atoms with Gasteiger partial charge in [-0.2, -0.15) is 0 Å². The molecule has 4 nitrogen and oxygen atoms in total. The maximum atomic E-state index is 12.1. The van der Waals surface area contributed by atoms with Crippen LogP contribution in [0.4, 0.5) is 0 Å². The molecule has 1 heterocycles. The van der Waals surface area contributed by atoms with E-state index in [0.29, 0.717) is 31.2 Å². The van der Waals surface area contributed by atoms with Crippen molar-refractivity contribution in [2.45, 2.75) is 19.9 Å². The normalized spacial score (nSPS) is 12.8. The highest BCUT2D eigenvalue weighted by atomic mass is 35.5. The molecule has 0 aromatic heterocycles. The summed E-state index contributed by atoms with van der Waals surface area (Å²) in [5, 5.41) is 3.61. The molecule has 1 amide bonds. The Labute approximate surface area is 140 Å². The van der Waals surface area contributed by atoms with Crippen LogP contribution in [0.25, 0.3) is 0 Å². The number of halogens is 1. The van der Waals surface area contributed by atoms with Crippen molar-refractivity contribution in [2.24, 2.45) is 0 Å². The molecule has 0 spiro atoms. The van der Waals surface area contributed by atoms with E-state index in [-0.39, 0.29) is 5.91 Å². The second kappa shape index (κ2) is 6.92. The Bertz CT molecular complexity index is 713. The van der Waals surface area contributed by atoms with Gasteiger partial charge in [0, 0.05) is 11.6 Å². The summed E-state index contributed by atoms with van der Waals surface area (Å²) in [5.74, 6) is 1.48. The third-order valence-corrected chi connectivity index (χ3v) is 4.01. The lowest BCUT2D eigenvalue weighted by atomic mass is 10.1. The summed E-state index contributed by atoms with van der Waals surface area (Å²) in [6.07, 6.45) is 0.334.